The number of anilines is 2. The Labute approximate surface area is 253 Å². The van der Waals surface area contributed by atoms with Gasteiger partial charge in [0.2, 0.25) is 0 Å². The van der Waals surface area contributed by atoms with E-state index in [1.54, 1.807) is 6.92 Å². The van der Waals surface area contributed by atoms with Gasteiger partial charge < -0.3 is 5.32 Å². The molecular weight excluding hydrogens is 600 g/mol. The molecule has 4 aromatic rings. The first-order chi connectivity index (χ1) is 21.3. The highest BCUT2D eigenvalue weighted by atomic mass is 19.4. The number of amides is 1. The zero-order valence-corrected chi connectivity index (χ0v) is 23.8. The Morgan fingerprint density at radius 1 is 1.02 bits per heavy atom. The summed E-state index contributed by atoms with van der Waals surface area (Å²) >= 11 is 0. The molecule has 1 aliphatic carbocycles. The van der Waals surface area contributed by atoms with Crippen molar-refractivity contribution in [1.82, 2.24) is 20.2 Å². The number of carbonyl (C=O) groups is 1. The van der Waals surface area contributed by atoms with Crippen LogP contribution in [0.2, 0.25) is 0 Å². The highest BCUT2D eigenvalue weighted by Gasteiger charge is 2.43. The number of carbonyl (C=O) groups excluding carboxylic acids is 1. The monoisotopic (exact) mass is 625 g/mol. The average Bonchev–Trinajstić information content (AvgIpc) is 3.39. The molecule has 2 aromatic heterocycles. The largest absolute Gasteiger partial charge is 0.416 e. The summed E-state index contributed by atoms with van der Waals surface area (Å²) in [4.78, 5) is 23.4. The van der Waals surface area contributed by atoms with Crippen LogP contribution >= 0.6 is 0 Å². The van der Waals surface area contributed by atoms with E-state index < -0.39 is 35.9 Å². The first kappa shape index (κ1) is 30.1. The van der Waals surface area contributed by atoms with Crippen LogP contribution in [0.4, 0.5) is 38.0 Å². The van der Waals surface area contributed by atoms with Crippen LogP contribution in [0.1, 0.15) is 58.8 Å². The second kappa shape index (κ2) is 10.9. The number of nitrogens with one attached hydrogen (secondary N) is 2. The Kier molecular flexibility index (Phi) is 7.29. The highest BCUT2D eigenvalue weighted by molar-refractivity contribution is 6.10. The van der Waals surface area contributed by atoms with E-state index in [0.717, 1.165) is 35.9 Å². The summed E-state index contributed by atoms with van der Waals surface area (Å²) in [7, 11) is 0. The number of alkyl halides is 6. The fourth-order valence-corrected chi connectivity index (χ4v) is 5.55. The van der Waals surface area contributed by atoms with Crippen molar-refractivity contribution in [2.75, 3.05) is 16.8 Å². The number of aromatic nitrogens is 4. The number of rotatable bonds is 8. The molecule has 0 bridgehead atoms. The minimum atomic E-state index is -4.71. The minimum Gasteiger partial charge on any atom is -0.369 e. The number of aryl methyl sites for hydroxylation is 1. The van der Waals surface area contributed by atoms with E-state index in [2.05, 4.69) is 31.6 Å². The van der Waals surface area contributed by atoms with Crippen LogP contribution in [0.25, 0.3) is 22.5 Å². The lowest BCUT2D eigenvalue weighted by Gasteiger charge is -2.20. The van der Waals surface area contributed by atoms with Gasteiger partial charge in [0.05, 0.1) is 23.7 Å². The van der Waals surface area contributed by atoms with Gasteiger partial charge in [-0.05, 0) is 84.0 Å². The lowest BCUT2D eigenvalue weighted by atomic mass is 9.96. The molecule has 1 aliphatic heterocycles. The summed E-state index contributed by atoms with van der Waals surface area (Å²) in [6.07, 6.45) is -6.04. The van der Waals surface area contributed by atoms with Crippen molar-refractivity contribution < 1.29 is 31.1 Å². The maximum absolute atomic E-state index is 14.1. The predicted octanol–water partition coefficient (Wildman–Crippen LogP) is 7.40. The number of fused-ring (bicyclic) bond motifs is 1. The van der Waals surface area contributed by atoms with Crippen LogP contribution in [0.3, 0.4) is 0 Å². The zero-order valence-electron chi connectivity index (χ0n) is 23.8. The molecule has 45 heavy (non-hydrogen) atoms. The lowest BCUT2D eigenvalue weighted by Crippen LogP contribution is -2.25. The fourth-order valence-electron chi connectivity index (χ4n) is 5.55. The van der Waals surface area contributed by atoms with Crippen molar-refractivity contribution in [1.29, 1.82) is 5.26 Å². The normalized spacial score (nSPS) is 15.6. The van der Waals surface area contributed by atoms with Crippen molar-refractivity contribution in [3.63, 3.8) is 0 Å². The summed E-state index contributed by atoms with van der Waals surface area (Å²) < 4.78 is 83.8. The number of nitriles is 1. The van der Waals surface area contributed by atoms with Crippen molar-refractivity contribution >= 4 is 17.5 Å². The molecule has 2 aromatic carbocycles. The molecule has 3 heterocycles. The molecule has 0 saturated heterocycles. The molecule has 1 amide bonds. The Hall–Kier alpha value is -4.93. The minimum absolute atomic E-state index is 0.0477. The number of pyridine rings is 1. The molecule has 232 valence electrons. The summed E-state index contributed by atoms with van der Waals surface area (Å²) in [5.74, 6) is -0.386. The standard InChI is InChI=1S/C31H25F6N7O/c1-2-17-9-22-23(24(10-17)31(35,36)37)14-44(28(22)45)26-12-18(11-25(42-26)39-15-29(5-6-29)7-8-38)21-13-19(30(32,33)34)3-4-20(21)27-40-16-41-43-27/h3-4,9-13,16H,2,5-7,14-15H2,1H3,(H,39,42)(H,40,41,43). The van der Waals surface area contributed by atoms with Crippen molar-refractivity contribution in [3.05, 3.63) is 76.6 Å². The van der Waals surface area contributed by atoms with Crippen LogP contribution in [0.5, 0.6) is 0 Å². The van der Waals surface area contributed by atoms with Gasteiger partial charge >= 0.3 is 12.4 Å². The molecule has 1 saturated carbocycles. The Morgan fingerprint density at radius 3 is 2.42 bits per heavy atom. The predicted molar refractivity (Wildman–Crippen MR) is 152 cm³/mol. The fraction of sp³-hybridized carbons (Fsp3) is 0.323. The second-order valence-corrected chi connectivity index (χ2v) is 11.3. The number of hydrogen-bond donors (Lipinski definition) is 2. The van der Waals surface area contributed by atoms with E-state index in [-0.39, 0.29) is 63.5 Å². The Morgan fingerprint density at radius 2 is 1.80 bits per heavy atom. The molecule has 8 nitrogen and oxygen atoms in total. The number of hydrogen-bond acceptors (Lipinski definition) is 6. The van der Waals surface area contributed by atoms with Gasteiger partial charge in [-0.25, -0.2) is 9.97 Å². The first-order valence-electron chi connectivity index (χ1n) is 14.1. The molecule has 0 radical (unpaired) electrons. The summed E-state index contributed by atoms with van der Waals surface area (Å²) in [5, 5.41) is 18.9. The third-order valence-corrected chi connectivity index (χ3v) is 8.29. The van der Waals surface area contributed by atoms with Gasteiger partial charge in [0.25, 0.3) is 5.91 Å². The molecule has 0 unspecified atom stereocenters. The second-order valence-electron chi connectivity index (χ2n) is 11.3. The Bertz CT molecular complexity index is 1820. The maximum atomic E-state index is 14.1. The van der Waals surface area contributed by atoms with Crippen LogP contribution in [0.15, 0.2) is 48.8 Å². The number of H-pyrrole nitrogens is 1. The van der Waals surface area contributed by atoms with Crippen LogP contribution in [-0.4, -0.2) is 32.6 Å². The summed E-state index contributed by atoms with van der Waals surface area (Å²) in [6, 6.07) is 10.6. The van der Waals surface area contributed by atoms with E-state index in [0.29, 0.717) is 12.1 Å². The number of benzene rings is 2. The van der Waals surface area contributed by atoms with Gasteiger partial charge in [0.15, 0.2) is 5.82 Å². The molecule has 0 atom stereocenters. The molecule has 6 rings (SSSR count). The topological polar surface area (TPSA) is 111 Å². The van der Waals surface area contributed by atoms with Crippen molar-refractivity contribution in [2.45, 2.75) is 51.5 Å². The SMILES string of the molecule is CCc1cc2c(c(C(F)(F)F)c1)CN(c1cc(-c3cc(C(F)(F)F)ccc3-c3ncn[nH]3)cc(NCC3(CC#N)CC3)n1)C2=O. The summed E-state index contributed by atoms with van der Waals surface area (Å²) in [6.45, 7) is 1.58. The Balaban J connectivity index is 1.49. The third kappa shape index (κ3) is 5.82. The highest BCUT2D eigenvalue weighted by Crippen LogP contribution is 2.49. The van der Waals surface area contributed by atoms with Crippen LogP contribution in [-0.2, 0) is 25.3 Å². The van der Waals surface area contributed by atoms with Crippen molar-refractivity contribution in [3.8, 4) is 28.6 Å². The van der Waals surface area contributed by atoms with Gasteiger partial charge in [0, 0.05) is 29.5 Å². The zero-order chi connectivity index (χ0) is 32.1. The van der Waals surface area contributed by atoms with Gasteiger partial charge in [-0.15, -0.1) is 0 Å². The number of nitrogens with zero attached hydrogens (tertiary/aromatic N) is 5. The van der Waals surface area contributed by atoms with E-state index in [1.807, 2.05) is 0 Å². The van der Waals surface area contributed by atoms with E-state index in [4.69, 9.17) is 0 Å². The van der Waals surface area contributed by atoms with E-state index in [9.17, 15) is 36.4 Å². The molecule has 1 fully saturated rings. The smallest absolute Gasteiger partial charge is 0.369 e. The van der Waals surface area contributed by atoms with Gasteiger partial charge in [-0.1, -0.05) is 6.92 Å². The van der Waals surface area contributed by atoms with Gasteiger partial charge in [-0.3, -0.25) is 14.8 Å². The summed E-state index contributed by atoms with van der Waals surface area (Å²) in [5.41, 5.74) is -1.53. The van der Waals surface area contributed by atoms with Gasteiger partial charge in [-0.2, -0.15) is 36.7 Å². The lowest BCUT2D eigenvalue weighted by molar-refractivity contribution is -0.138. The van der Waals surface area contributed by atoms with E-state index in [1.165, 1.54) is 30.6 Å². The van der Waals surface area contributed by atoms with Crippen LogP contribution < -0.4 is 10.2 Å². The van der Waals surface area contributed by atoms with E-state index >= 15 is 0 Å². The molecule has 14 heteroatoms. The molecular formula is C31H25F6N7O. The maximum Gasteiger partial charge on any atom is 0.416 e. The average molecular weight is 626 g/mol. The number of aromatic amines is 1. The number of halogens is 6. The molecule has 2 aliphatic rings. The third-order valence-electron chi connectivity index (χ3n) is 8.29. The van der Waals surface area contributed by atoms with Crippen molar-refractivity contribution in [2.24, 2.45) is 5.41 Å². The first-order valence-corrected chi connectivity index (χ1v) is 14.1. The van der Waals surface area contributed by atoms with Gasteiger partial charge in [0.1, 0.15) is 18.0 Å². The quantitative estimate of drug-likeness (QED) is 0.198. The molecule has 0 spiro atoms. The van der Waals surface area contributed by atoms with Crippen LogP contribution in [0, 0.1) is 16.7 Å². The molecule has 2 N–H and O–H groups in total.